The Hall–Kier alpha value is -1.11. The van der Waals surface area contributed by atoms with Crippen molar-refractivity contribution in [1.29, 1.82) is 0 Å². The smallest absolute Gasteiger partial charge is 0.223 e. The topological polar surface area (TPSA) is 44.4 Å². The maximum atomic E-state index is 12.8. The van der Waals surface area contributed by atoms with Crippen molar-refractivity contribution in [3.05, 3.63) is 30.1 Å². The number of carbonyl (C=O) groups is 1. The summed E-state index contributed by atoms with van der Waals surface area (Å²) in [5.74, 6) is 0.497. The Morgan fingerprint density at radius 1 is 1.36 bits per heavy atom. The largest absolute Gasteiger partial charge is 0.355 e. The Kier molecular flexibility index (Phi) is 7.15. The molecule has 1 aliphatic rings. The zero-order valence-corrected chi connectivity index (χ0v) is 13.8. The first-order valence-corrected chi connectivity index (χ1v) is 8.73. The standard InChI is InChI=1S/C16H24FN3OS/c1-13(12-22-15-4-2-14(17)3-5-15)16(21)19-8-11-20-9-6-18-7-10-20/h2-5,13,18H,6-12H2,1H3,(H,19,21). The van der Waals surface area contributed by atoms with Crippen molar-refractivity contribution in [1.82, 2.24) is 15.5 Å². The van der Waals surface area contributed by atoms with Crippen molar-refractivity contribution in [2.75, 3.05) is 45.0 Å². The molecular formula is C16H24FN3OS. The Labute approximate surface area is 135 Å². The van der Waals surface area contributed by atoms with Gasteiger partial charge >= 0.3 is 0 Å². The summed E-state index contributed by atoms with van der Waals surface area (Å²) >= 11 is 1.58. The van der Waals surface area contributed by atoms with E-state index < -0.39 is 0 Å². The molecule has 0 aromatic heterocycles. The van der Waals surface area contributed by atoms with Gasteiger partial charge in [-0.15, -0.1) is 11.8 Å². The van der Waals surface area contributed by atoms with Gasteiger partial charge in [0.1, 0.15) is 5.82 Å². The number of rotatable bonds is 7. The van der Waals surface area contributed by atoms with Crippen LogP contribution >= 0.6 is 11.8 Å². The molecule has 0 saturated carbocycles. The van der Waals surface area contributed by atoms with Crippen LogP contribution in [0.15, 0.2) is 29.2 Å². The molecule has 0 radical (unpaired) electrons. The number of benzene rings is 1. The summed E-state index contributed by atoms with van der Waals surface area (Å²) in [7, 11) is 0. The van der Waals surface area contributed by atoms with E-state index in [2.05, 4.69) is 15.5 Å². The molecule has 0 bridgehead atoms. The summed E-state index contributed by atoms with van der Waals surface area (Å²) in [6, 6.07) is 6.38. The summed E-state index contributed by atoms with van der Waals surface area (Å²) in [5.41, 5.74) is 0. The average Bonchev–Trinajstić information content (AvgIpc) is 2.55. The van der Waals surface area contributed by atoms with Gasteiger partial charge in [0.2, 0.25) is 5.91 Å². The third-order valence-corrected chi connectivity index (χ3v) is 4.97. The number of carbonyl (C=O) groups excluding carboxylic acids is 1. The fraction of sp³-hybridized carbons (Fsp3) is 0.562. The molecule has 1 fully saturated rings. The molecule has 0 aliphatic carbocycles. The van der Waals surface area contributed by atoms with Crippen LogP contribution in [-0.4, -0.2) is 55.8 Å². The minimum Gasteiger partial charge on any atom is -0.355 e. The van der Waals surface area contributed by atoms with E-state index in [9.17, 15) is 9.18 Å². The number of thioether (sulfide) groups is 1. The molecule has 1 amide bonds. The predicted octanol–water partition coefficient (Wildman–Crippen LogP) is 1.58. The van der Waals surface area contributed by atoms with Crippen molar-refractivity contribution in [2.24, 2.45) is 5.92 Å². The lowest BCUT2D eigenvalue weighted by molar-refractivity contribution is -0.123. The number of amides is 1. The first-order chi connectivity index (χ1) is 10.6. The van der Waals surface area contributed by atoms with E-state index in [0.717, 1.165) is 37.6 Å². The fourth-order valence-corrected chi connectivity index (χ4v) is 3.20. The molecule has 1 heterocycles. The van der Waals surface area contributed by atoms with E-state index in [1.54, 1.807) is 23.9 Å². The maximum absolute atomic E-state index is 12.8. The highest BCUT2D eigenvalue weighted by molar-refractivity contribution is 7.99. The average molecular weight is 325 g/mol. The quantitative estimate of drug-likeness (QED) is 0.747. The van der Waals surface area contributed by atoms with Gasteiger partial charge in [0, 0.05) is 55.8 Å². The third-order valence-electron chi connectivity index (χ3n) is 3.70. The van der Waals surface area contributed by atoms with Crippen LogP contribution in [0.4, 0.5) is 4.39 Å². The van der Waals surface area contributed by atoms with Crippen LogP contribution in [-0.2, 0) is 4.79 Å². The highest BCUT2D eigenvalue weighted by Crippen LogP contribution is 2.20. The van der Waals surface area contributed by atoms with E-state index in [0.29, 0.717) is 12.3 Å². The van der Waals surface area contributed by atoms with E-state index in [1.165, 1.54) is 12.1 Å². The summed E-state index contributed by atoms with van der Waals surface area (Å²) in [5, 5.41) is 6.31. The Balaban J connectivity index is 1.62. The third kappa shape index (κ3) is 5.94. The molecule has 4 nitrogen and oxygen atoms in total. The molecule has 22 heavy (non-hydrogen) atoms. The van der Waals surface area contributed by atoms with Crippen molar-refractivity contribution in [3.63, 3.8) is 0 Å². The van der Waals surface area contributed by atoms with Gasteiger partial charge < -0.3 is 10.6 Å². The molecule has 1 unspecified atom stereocenters. The van der Waals surface area contributed by atoms with Crippen LogP contribution in [0.5, 0.6) is 0 Å². The number of nitrogens with zero attached hydrogens (tertiary/aromatic N) is 1. The number of piperazine rings is 1. The van der Waals surface area contributed by atoms with Crippen molar-refractivity contribution in [2.45, 2.75) is 11.8 Å². The lowest BCUT2D eigenvalue weighted by Crippen LogP contribution is -2.46. The van der Waals surface area contributed by atoms with E-state index in [-0.39, 0.29) is 17.6 Å². The highest BCUT2D eigenvalue weighted by atomic mass is 32.2. The zero-order valence-electron chi connectivity index (χ0n) is 13.0. The molecule has 1 saturated heterocycles. The van der Waals surface area contributed by atoms with Crippen molar-refractivity contribution in [3.8, 4) is 0 Å². The van der Waals surface area contributed by atoms with Crippen LogP contribution < -0.4 is 10.6 Å². The Morgan fingerprint density at radius 3 is 2.73 bits per heavy atom. The Morgan fingerprint density at radius 2 is 2.05 bits per heavy atom. The summed E-state index contributed by atoms with van der Waals surface area (Å²) in [4.78, 5) is 15.4. The lowest BCUT2D eigenvalue weighted by Gasteiger charge is -2.27. The van der Waals surface area contributed by atoms with E-state index >= 15 is 0 Å². The number of hydrogen-bond donors (Lipinski definition) is 2. The second-order valence-corrected chi connectivity index (χ2v) is 6.64. The molecule has 2 rings (SSSR count). The second-order valence-electron chi connectivity index (χ2n) is 5.55. The molecular weight excluding hydrogens is 301 g/mol. The van der Waals surface area contributed by atoms with Gasteiger partial charge in [0.15, 0.2) is 0 Å². The molecule has 1 aromatic rings. The van der Waals surface area contributed by atoms with Crippen molar-refractivity contribution < 1.29 is 9.18 Å². The summed E-state index contributed by atoms with van der Waals surface area (Å²) in [6.07, 6.45) is 0. The fourth-order valence-electron chi connectivity index (χ4n) is 2.27. The molecule has 6 heteroatoms. The predicted molar refractivity (Wildman–Crippen MR) is 88.6 cm³/mol. The van der Waals surface area contributed by atoms with Crippen LogP contribution in [0.1, 0.15) is 6.92 Å². The monoisotopic (exact) mass is 325 g/mol. The minimum absolute atomic E-state index is 0.0573. The first-order valence-electron chi connectivity index (χ1n) is 7.74. The van der Waals surface area contributed by atoms with E-state index in [4.69, 9.17) is 0 Å². The lowest BCUT2D eigenvalue weighted by atomic mass is 10.2. The maximum Gasteiger partial charge on any atom is 0.223 e. The zero-order chi connectivity index (χ0) is 15.8. The SMILES string of the molecule is CC(CSc1ccc(F)cc1)C(=O)NCCN1CCNCC1. The van der Waals surface area contributed by atoms with Gasteiger partial charge in [0.25, 0.3) is 0 Å². The normalized spacial score (nSPS) is 17.2. The molecule has 0 spiro atoms. The minimum atomic E-state index is -0.233. The summed E-state index contributed by atoms with van der Waals surface area (Å²) < 4.78 is 12.8. The first kappa shape index (κ1) is 17.2. The molecule has 122 valence electrons. The molecule has 1 aromatic carbocycles. The number of hydrogen-bond acceptors (Lipinski definition) is 4. The highest BCUT2D eigenvalue weighted by Gasteiger charge is 2.14. The van der Waals surface area contributed by atoms with Crippen LogP contribution in [0, 0.1) is 11.7 Å². The van der Waals surface area contributed by atoms with Crippen LogP contribution in [0.2, 0.25) is 0 Å². The summed E-state index contributed by atoms with van der Waals surface area (Å²) in [6.45, 7) is 7.68. The van der Waals surface area contributed by atoms with Crippen LogP contribution in [0.25, 0.3) is 0 Å². The second kappa shape index (κ2) is 9.12. The number of halogens is 1. The van der Waals surface area contributed by atoms with E-state index in [1.807, 2.05) is 6.92 Å². The number of nitrogens with one attached hydrogen (secondary N) is 2. The Bertz CT molecular complexity index is 463. The van der Waals surface area contributed by atoms with Gasteiger partial charge in [-0.2, -0.15) is 0 Å². The molecule has 2 N–H and O–H groups in total. The van der Waals surface area contributed by atoms with Crippen molar-refractivity contribution >= 4 is 17.7 Å². The molecule has 1 atom stereocenters. The van der Waals surface area contributed by atoms with Crippen LogP contribution in [0.3, 0.4) is 0 Å². The van der Waals surface area contributed by atoms with Gasteiger partial charge in [-0.05, 0) is 24.3 Å². The van der Waals surface area contributed by atoms with Gasteiger partial charge in [-0.25, -0.2) is 4.39 Å². The van der Waals surface area contributed by atoms with Gasteiger partial charge in [0.05, 0.1) is 0 Å². The molecule has 1 aliphatic heterocycles. The van der Waals surface area contributed by atoms with Gasteiger partial charge in [-0.1, -0.05) is 6.92 Å². The van der Waals surface area contributed by atoms with Gasteiger partial charge in [-0.3, -0.25) is 9.69 Å².